The maximum Gasteiger partial charge on any atom is 0.417 e. The molecule has 1 heterocycles. The quantitative estimate of drug-likeness (QED) is 0.677. The van der Waals surface area contributed by atoms with E-state index in [9.17, 15) is 13.2 Å². The fourth-order valence-electron chi connectivity index (χ4n) is 1.51. The zero-order valence-electron chi connectivity index (χ0n) is 8.06. The Morgan fingerprint density at radius 1 is 1.27 bits per heavy atom. The van der Waals surface area contributed by atoms with E-state index in [2.05, 4.69) is 0 Å². The number of halogens is 3. The van der Waals surface area contributed by atoms with E-state index in [0.717, 1.165) is 23.3 Å². The lowest BCUT2D eigenvalue weighted by Gasteiger charge is -2.04. The van der Waals surface area contributed by atoms with E-state index in [1.807, 2.05) is 13.0 Å². The summed E-state index contributed by atoms with van der Waals surface area (Å²) in [4.78, 5) is 0. The fraction of sp³-hybridized carbons (Fsp3) is 0.273. The van der Waals surface area contributed by atoms with Gasteiger partial charge in [0.1, 0.15) is 0 Å². The van der Waals surface area contributed by atoms with Gasteiger partial charge in [-0.1, -0.05) is 19.1 Å². The Bertz CT molecular complexity index is 482. The molecule has 1 aromatic heterocycles. The van der Waals surface area contributed by atoms with Gasteiger partial charge in [-0.15, -0.1) is 11.3 Å². The van der Waals surface area contributed by atoms with E-state index in [4.69, 9.17) is 0 Å². The molecule has 0 aliphatic carbocycles. The van der Waals surface area contributed by atoms with Gasteiger partial charge in [0.05, 0.1) is 5.56 Å². The largest absolute Gasteiger partial charge is 0.417 e. The number of thiophene rings is 1. The van der Waals surface area contributed by atoms with E-state index in [1.165, 1.54) is 5.38 Å². The van der Waals surface area contributed by atoms with Crippen LogP contribution in [0, 0.1) is 0 Å². The minimum atomic E-state index is -4.24. The summed E-state index contributed by atoms with van der Waals surface area (Å²) in [6.45, 7) is 1.99. The van der Waals surface area contributed by atoms with E-state index in [-0.39, 0.29) is 0 Å². The molecule has 0 N–H and O–H groups in total. The maximum absolute atomic E-state index is 12.5. The third-order valence-electron chi connectivity index (χ3n) is 2.35. The summed E-state index contributed by atoms with van der Waals surface area (Å²) in [6, 6.07) is 5.15. The third kappa shape index (κ3) is 1.86. The first-order chi connectivity index (χ1) is 7.02. The molecular weight excluding hydrogens is 221 g/mol. The predicted octanol–water partition coefficient (Wildman–Crippen LogP) is 4.48. The molecule has 4 heteroatoms. The van der Waals surface area contributed by atoms with Gasteiger partial charge in [0.15, 0.2) is 0 Å². The Morgan fingerprint density at radius 3 is 2.60 bits per heavy atom. The summed E-state index contributed by atoms with van der Waals surface area (Å²) in [5, 5.41) is 1.49. The summed E-state index contributed by atoms with van der Waals surface area (Å²) < 4.78 is 38.3. The molecule has 0 aliphatic rings. The van der Waals surface area contributed by atoms with Crippen LogP contribution in [0.15, 0.2) is 23.6 Å². The second-order valence-corrected chi connectivity index (χ2v) is 4.24. The Labute approximate surface area is 89.3 Å². The molecule has 0 radical (unpaired) electrons. The SMILES string of the molecule is CCc1ccc2c(C(F)(F)F)csc2c1. The van der Waals surface area contributed by atoms with Gasteiger partial charge < -0.3 is 0 Å². The van der Waals surface area contributed by atoms with E-state index < -0.39 is 11.7 Å². The first-order valence-corrected chi connectivity index (χ1v) is 5.47. The summed E-state index contributed by atoms with van der Waals surface area (Å²) in [6.07, 6.45) is -3.40. The minimum absolute atomic E-state index is 0.310. The van der Waals surface area contributed by atoms with Gasteiger partial charge >= 0.3 is 6.18 Å². The van der Waals surface area contributed by atoms with E-state index in [1.54, 1.807) is 12.1 Å². The van der Waals surface area contributed by atoms with Crippen LogP contribution in [0.3, 0.4) is 0 Å². The second kappa shape index (κ2) is 3.52. The standard InChI is InChI=1S/C11H9F3S/c1-2-7-3-4-8-9(11(12,13)14)6-15-10(8)5-7/h3-6H,2H2,1H3. The molecule has 80 valence electrons. The van der Waals surface area contributed by atoms with Crippen LogP contribution < -0.4 is 0 Å². The molecule has 0 amide bonds. The number of benzene rings is 1. The van der Waals surface area contributed by atoms with Crippen LogP contribution in [0.2, 0.25) is 0 Å². The molecule has 2 rings (SSSR count). The third-order valence-corrected chi connectivity index (χ3v) is 3.30. The molecule has 0 nitrogen and oxygen atoms in total. The van der Waals surface area contributed by atoms with Gasteiger partial charge in [-0.25, -0.2) is 0 Å². The van der Waals surface area contributed by atoms with E-state index >= 15 is 0 Å². The van der Waals surface area contributed by atoms with Crippen LogP contribution in [0.1, 0.15) is 18.1 Å². The van der Waals surface area contributed by atoms with Crippen molar-refractivity contribution in [1.82, 2.24) is 0 Å². The van der Waals surface area contributed by atoms with Crippen molar-refractivity contribution in [2.45, 2.75) is 19.5 Å². The van der Waals surface area contributed by atoms with Crippen molar-refractivity contribution in [3.8, 4) is 0 Å². The molecule has 2 aromatic rings. The Morgan fingerprint density at radius 2 is 2.00 bits per heavy atom. The zero-order valence-corrected chi connectivity index (χ0v) is 8.88. The molecular formula is C11H9F3S. The summed E-state index contributed by atoms with van der Waals surface area (Å²) in [5.74, 6) is 0. The average Bonchev–Trinajstić information content (AvgIpc) is 2.59. The number of hydrogen-bond acceptors (Lipinski definition) is 1. The van der Waals surface area contributed by atoms with Crippen LogP contribution in [0.5, 0.6) is 0 Å². The van der Waals surface area contributed by atoms with Crippen LogP contribution in [-0.2, 0) is 12.6 Å². The van der Waals surface area contributed by atoms with Crippen LogP contribution in [0.4, 0.5) is 13.2 Å². The van der Waals surface area contributed by atoms with Crippen molar-refractivity contribution in [2.75, 3.05) is 0 Å². The van der Waals surface area contributed by atoms with E-state index in [0.29, 0.717) is 10.1 Å². The van der Waals surface area contributed by atoms with Gasteiger partial charge in [0, 0.05) is 15.5 Å². The van der Waals surface area contributed by atoms with Crippen molar-refractivity contribution in [3.05, 3.63) is 34.7 Å². The summed E-state index contributed by atoms with van der Waals surface area (Å²) >= 11 is 1.15. The van der Waals surface area contributed by atoms with Crippen molar-refractivity contribution in [2.24, 2.45) is 0 Å². The van der Waals surface area contributed by atoms with Gasteiger partial charge in [0.25, 0.3) is 0 Å². The number of rotatable bonds is 1. The Kier molecular flexibility index (Phi) is 2.46. The minimum Gasteiger partial charge on any atom is -0.166 e. The highest BCUT2D eigenvalue weighted by atomic mass is 32.1. The van der Waals surface area contributed by atoms with Crippen molar-refractivity contribution >= 4 is 21.4 Å². The molecule has 0 fully saturated rings. The lowest BCUT2D eigenvalue weighted by atomic mass is 10.1. The molecule has 0 saturated heterocycles. The monoisotopic (exact) mass is 230 g/mol. The van der Waals surface area contributed by atoms with Crippen LogP contribution in [-0.4, -0.2) is 0 Å². The molecule has 0 saturated carbocycles. The number of alkyl halides is 3. The number of hydrogen-bond donors (Lipinski definition) is 0. The summed E-state index contributed by atoms with van der Waals surface area (Å²) in [7, 11) is 0. The topological polar surface area (TPSA) is 0 Å². The first kappa shape index (κ1) is 10.5. The Balaban J connectivity index is 2.62. The smallest absolute Gasteiger partial charge is 0.166 e. The normalized spacial score (nSPS) is 12.3. The molecule has 15 heavy (non-hydrogen) atoms. The molecule has 0 bridgehead atoms. The van der Waals surface area contributed by atoms with Crippen LogP contribution in [0.25, 0.3) is 10.1 Å². The van der Waals surface area contributed by atoms with Crippen LogP contribution >= 0.6 is 11.3 Å². The van der Waals surface area contributed by atoms with Crippen molar-refractivity contribution in [1.29, 1.82) is 0 Å². The molecule has 1 aromatic carbocycles. The highest BCUT2D eigenvalue weighted by Gasteiger charge is 2.33. The molecule has 0 atom stereocenters. The van der Waals surface area contributed by atoms with Crippen molar-refractivity contribution in [3.63, 3.8) is 0 Å². The summed E-state index contributed by atoms with van der Waals surface area (Å²) in [5.41, 5.74) is 0.545. The molecule has 0 aliphatic heterocycles. The Hall–Kier alpha value is -1.03. The van der Waals surface area contributed by atoms with Crippen molar-refractivity contribution < 1.29 is 13.2 Å². The fourth-order valence-corrected chi connectivity index (χ4v) is 2.54. The lowest BCUT2D eigenvalue weighted by molar-refractivity contribution is -0.136. The van der Waals surface area contributed by atoms with Gasteiger partial charge in [-0.05, 0) is 18.1 Å². The highest BCUT2D eigenvalue weighted by Crippen LogP contribution is 2.38. The molecule has 0 spiro atoms. The lowest BCUT2D eigenvalue weighted by Crippen LogP contribution is -2.02. The number of fused-ring (bicyclic) bond motifs is 1. The molecule has 0 unspecified atom stereocenters. The highest BCUT2D eigenvalue weighted by molar-refractivity contribution is 7.17. The average molecular weight is 230 g/mol. The van der Waals surface area contributed by atoms with Gasteiger partial charge in [-0.2, -0.15) is 13.2 Å². The first-order valence-electron chi connectivity index (χ1n) is 4.59. The predicted molar refractivity (Wildman–Crippen MR) is 56.2 cm³/mol. The van der Waals surface area contributed by atoms with Gasteiger partial charge in [0.2, 0.25) is 0 Å². The number of aryl methyl sites for hydroxylation is 1. The maximum atomic E-state index is 12.5. The second-order valence-electron chi connectivity index (χ2n) is 3.33. The van der Waals surface area contributed by atoms with Gasteiger partial charge in [-0.3, -0.25) is 0 Å². The zero-order chi connectivity index (χ0) is 11.1.